The molecule has 1 aromatic rings. The number of aromatic hydroxyl groups is 1. The minimum Gasteiger partial charge on any atom is -0.505 e. The van der Waals surface area contributed by atoms with Gasteiger partial charge in [0.25, 0.3) is 0 Å². The molecule has 10 heteroatoms. The SMILES string of the molecule is Cc1ncc2c(c1O)C(=O)C1C(=O)[C@]3(O)C(=O)C(C(N)=O)C(=O)[C@@H](N(C)C)[C@@H]3C[C@@H]1C2. The summed E-state index contributed by atoms with van der Waals surface area (Å²) in [5, 5.41) is 21.8. The third-order valence-electron chi connectivity index (χ3n) is 6.98. The van der Waals surface area contributed by atoms with Crippen LogP contribution in [-0.2, 0) is 25.6 Å². The maximum absolute atomic E-state index is 13.5. The van der Waals surface area contributed by atoms with Crippen LogP contribution in [0.4, 0.5) is 0 Å². The number of aryl methyl sites for hydroxylation is 1. The van der Waals surface area contributed by atoms with Crippen LogP contribution in [0.15, 0.2) is 6.20 Å². The van der Waals surface area contributed by atoms with Crippen LogP contribution in [0, 0.1) is 30.6 Å². The fourth-order valence-electron chi connectivity index (χ4n) is 5.57. The van der Waals surface area contributed by atoms with E-state index in [1.165, 1.54) is 18.0 Å². The van der Waals surface area contributed by atoms with Crippen molar-refractivity contribution in [2.24, 2.45) is 29.4 Å². The number of hydrogen-bond acceptors (Lipinski definition) is 9. The van der Waals surface area contributed by atoms with E-state index in [-0.39, 0.29) is 29.8 Å². The number of carbonyl (C=O) groups excluding carboxylic acids is 5. The van der Waals surface area contributed by atoms with Gasteiger partial charge in [-0.25, -0.2) is 0 Å². The summed E-state index contributed by atoms with van der Waals surface area (Å²) < 4.78 is 0. The first-order chi connectivity index (χ1) is 14.4. The fraction of sp³-hybridized carbons (Fsp3) is 0.524. The highest BCUT2D eigenvalue weighted by atomic mass is 16.3. The zero-order valence-corrected chi connectivity index (χ0v) is 17.3. The van der Waals surface area contributed by atoms with E-state index in [1.807, 2.05) is 0 Å². The molecule has 1 aromatic heterocycles. The molecule has 164 valence electrons. The lowest BCUT2D eigenvalue weighted by Gasteiger charge is -2.52. The van der Waals surface area contributed by atoms with Gasteiger partial charge in [0.1, 0.15) is 5.75 Å². The van der Waals surface area contributed by atoms with Crippen LogP contribution in [-0.4, -0.2) is 74.9 Å². The van der Waals surface area contributed by atoms with Gasteiger partial charge in [-0.15, -0.1) is 0 Å². The first-order valence-corrected chi connectivity index (χ1v) is 9.95. The minimum atomic E-state index is -2.70. The number of amides is 1. The molecule has 0 aliphatic heterocycles. The van der Waals surface area contributed by atoms with Crippen LogP contribution in [0.1, 0.15) is 28.0 Å². The molecule has 3 aliphatic carbocycles. The molecule has 1 amide bonds. The van der Waals surface area contributed by atoms with E-state index in [4.69, 9.17) is 5.73 Å². The number of fused-ring (bicyclic) bond motifs is 3. The van der Waals surface area contributed by atoms with Gasteiger partial charge < -0.3 is 15.9 Å². The van der Waals surface area contributed by atoms with Gasteiger partial charge in [0.15, 0.2) is 34.7 Å². The molecule has 31 heavy (non-hydrogen) atoms. The number of aliphatic hydroxyl groups is 1. The molecular formula is C21H23N3O7. The summed E-state index contributed by atoms with van der Waals surface area (Å²) >= 11 is 0. The van der Waals surface area contributed by atoms with Gasteiger partial charge in [0.05, 0.1) is 23.2 Å². The second-order valence-electron chi connectivity index (χ2n) is 8.88. The molecule has 10 nitrogen and oxygen atoms in total. The summed E-state index contributed by atoms with van der Waals surface area (Å²) in [5.41, 5.74) is 3.21. The van der Waals surface area contributed by atoms with Crippen LogP contribution in [0.3, 0.4) is 0 Å². The van der Waals surface area contributed by atoms with Crippen LogP contribution in [0.25, 0.3) is 0 Å². The molecule has 0 radical (unpaired) electrons. The van der Waals surface area contributed by atoms with Gasteiger partial charge in [-0.3, -0.25) is 33.9 Å². The zero-order valence-electron chi connectivity index (χ0n) is 17.3. The van der Waals surface area contributed by atoms with E-state index in [0.29, 0.717) is 5.56 Å². The van der Waals surface area contributed by atoms with E-state index in [2.05, 4.69) is 4.98 Å². The standard InChI is InChI=1S/C21H23N3O7/c1-7-15(25)11-9(6-23-7)4-8-5-10-14(24(2)3)17(27)13(20(22)30)19(29)21(10,31)18(28)12(8)16(11)26/h6,8,10,12-14,25,31H,4-5H2,1-3H3,(H2,22,30)/t8-,10-,12?,13?,14-,21-/m0/s1. The topological polar surface area (TPSA) is 168 Å². The van der Waals surface area contributed by atoms with Crippen molar-refractivity contribution in [3.8, 4) is 5.75 Å². The second kappa shape index (κ2) is 6.76. The number of aromatic nitrogens is 1. The van der Waals surface area contributed by atoms with Crippen LogP contribution in [0.5, 0.6) is 5.75 Å². The van der Waals surface area contributed by atoms with Gasteiger partial charge >= 0.3 is 0 Å². The van der Waals surface area contributed by atoms with Crippen LogP contribution >= 0.6 is 0 Å². The lowest BCUT2D eigenvalue weighted by molar-refractivity contribution is -0.181. The first kappa shape index (κ1) is 21.3. The monoisotopic (exact) mass is 429 g/mol. The van der Waals surface area contributed by atoms with E-state index < -0.39 is 64.4 Å². The Bertz CT molecular complexity index is 1070. The lowest BCUT2D eigenvalue weighted by atomic mass is 9.52. The van der Waals surface area contributed by atoms with Crippen molar-refractivity contribution < 1.29 is 34.2 Å². The van der Waals surface area contributed by atoms with Crippen LogP contribution < -0.4 is 5.73 Å². The maximum atomic E-state index is 13.5. The molecule has 2 unspecified atom stereocenters. The minimum absolute atomic E-state index is 0.0263. The Morgan fingerprint density at radius 1 is 1.23 bits per heavy atom. The van der Waals surface area contributed by atoms with Crippen molar-refractivity contribution >= 4 is 29.0 Å². The van der Waals surface area contributed by atoms with Gasteiger partial charge in [0, 0.05) is 12.1 Å². The highest BCUT2D eigenvalue weighted by Crippen LogP contribution is 2.50. The number of ketones is 4. The largest absolute Gasteiger partial charge is 0.505 e. The number of rotatable bonds is 2. The van der Waals surface area contributed by atoms with Crippen molar-refractivity contribution in [2.75, 3.05) is 14.1 Å². The van der Waals surface area contributed by atoms with Crippen molar-refractivity contribution in [3.63, 3.8) is 0 Å². The Labute approximate surface area is 177 Å². The average molecular weight is 429 g/mol. The molecule has 0 bridgehead atoms. The Kier molecular flexibility index (Phi) is 4.64. The van der Waals surface area contributed by atoms with Crippen molar-refractivity contribution in [3.05, 3.63) is 23.0 Å². The molecular weight excluding hydrogens is 406 g/mol. The molecule has 0 aromatic carbocycles. The number of pyridine rings is 1. The van der Waals surface area contributed by atoms with Crippen molar-refractivity contribution in [2.45, 2.75) is 31.4 Å². The predicted octanol–water partition coefficient (Wildman–Crippen LogP) is -1.43. The van der Waals surface area contributed by atoms with Gasteiger partial charge in [-0.05, 0) is 45.3 Å². The molecule has 1 heterocycles. The van der Waals surface area contributed by atoms with E-state index in [9.17, 15) is 34.2 Å². The summed E-state index contributed by atoms with van der Waals surface area (Å²) in [6.07, 6.45) is 1.71. The molecule has 3 aliphatic rings. The average Bonchev–Trinajstić information content (AvgIpc) is 2.67. The summed E-state index contributed by atoms with van der Waals surface area (Å²) in [5.74, 6) is -10.4. The van der Waals surface area contributed by atoms with Crippen molar-refractivity contribution in [1.29, 1.82) is 0 Å². The van der Waals surface area contributed by atoms with Crippen LogP contribution in [0.2, 0.25) is 0 Å². The number of primary amides is 1. The molecule has 2 saturated carbocycles. The Morgan fingerprint density at radius 2 is 1.87 bits per heavy atom. The normalized spacial score (nSPS) is 34.9. The maximum Gasteiger partial charge on any atom is 0.235 e. The van der Waals surface area contributed by atoms with E-state index >= 15 is 0 Å². The van der Waals surface area contributed by atoms with Crippen molar-refractivity contribution in [1.82, 2.24) is 9.88 Å². The number of carbonyl (C=O) groups is 5. The number of hydrogen-bond donors (Lipinski definition) is 3. The molecule has 6 atom stereocenters. The number of likely N-dealkylation sites (N-methyl/N-ethyl adjacent to an activating group) is 1. The summed E-state index contributed by atoms with van der Waals surface area (Å²) in [7, 11) is 3.08. The Balaban J connectivity index is 1.87. The molecule has 0 spiro atoms. The van der Waals surface area contributed by atoms with E-state index in [1.54, 1.807) is 14.1 Å². The van der Waals surface area contributed by atoms with Gasteiger partial charge in [-0.1, -0.05) is 0 Å². The molecule has 0 saturated heterocycles. The van der Waals surface area contributed by atoms with E-state index in [0.717, 1.165) is 0 Å². The zero-order chi connectivity index (χ0) is 23.0. The Morgan fingerprint density at radius 3 is 2.45 bits per heavy atom. The molecule has 4 rings (SSSR count). The number of Topliss-reactive ketones (excluding diaryl/α,β-unsaturated/α-hetero) is 4. The third-order valence-corrected chi connectivity index (χ3v) is 6.98. The molecule has 2 fully saturated rings. The van der Waals surface area contributed by atoms with Gasteiger partial charge in [-0.2, -0.15) is 0 Å². The van der Waals surface area contributed by atoms with Gasteiger partial charge in [0.2, 0.25) is 5.91 Å². The first-order valence-electron chi connectivity index (χ1n) is 9.95. The Hall–Kier alpha value is -2.98. The lowest BCUT2D eigenvalue weighted by Crippen LogP contribution is -2.74. The summed E-state index contributed by atoms with van der Waals surface area (Å²) in [6, 6.07) is -1.11. The quantitative estimate of drug-likeness (QED) is 0.477. The fourth-order valence-corrected chi connectivity index (χ4v) is 5.57. The smallest absolute Gasteiger partial charge is 0.235 e. The highest BCUT2D eigenvalue weighted by Gasteiger charge is 2.69. The highest BCUT2D eigenvalue weighted by molar-refractivity contribution is 6.32. The predicted molar refractivity (Wildman–Crippen MR) is 104 cm³/mol. The third kappa shape index (κ3) is 2.64. The number of nitrogens with zero attached hydrogens (tertiary/aromatic N) is 2. The molecule has 4 N–H and O–H groups in total. The summed E-state index contributed by atoms with van der Waals surface area (Å²) in [6.45, 7) is 1.51. The second-order valence-corrected chi connectivity index (χ2v) is 8.88. The summed E-state index contributed by atoms with van der Waals surface area (Å²) in [4.78, 5) is 70.2. The number of nitrogens with two attached hydrogens (primary N) is 1.